The third-order valence-electron chi connectivity index (χ3n) is 2.61. The van der Waals surface area contributed by atoms with E-state index in [9.17, 15) is 0 Å². The summed E-state index contributed by atoms with van der Waals surface area (Å²) >= 11 is 7.50. The zero-order chi connectivity index (χ0) is 13.1. The third kappa shape index (κ3) is 3.51. The van der Waals surface area contributed by atoms with Gasteiger partial charge in [-0.25, -0.2) is 4.98 Å². The second kappa shape index (κ2) is 6.42. The largest absolute Gasteiger partial charge is 0.271 e. The molecule has 1 aromatic carbocycles. The Morgan fingerprint density at radius 1 is 1.56 bits per heavy atom. The Bertz CT molecular complexity index is 544. The molecule has 3 nitrogen and oxygen atoms in total. The summed E-state index contributed by atoms with van der Waals surface area (Å²) in [5, 5.41) is 3.18. The van der Waals surface area contributed by atoms with Gasteiger partial charge in [-0.05, 0) is 53.3 Å². The molecule has 18 heavy (non-hydrogen) atoms. The molecule has 0 bridgehead atoms. The highest BCUT2D eigenvalue weighted by Gasteiger charge is 2.15. The van der Waals surface area contributed by atoms with Crippen LogP contribution in [0.4, 0.5) is 0 Å². The second-order valence-corrected chi connectivity index (χ2v) is 7.09. The fourth-order valence-electron chi connectivity index (χ4n) is 1.75. The summed E-state index contributed by atoms with van der Waals surface area (Å²) in [5.41, 5.74) is 5.16. The van der Waals surface area contributed by atoms with E-state index in [1.54, 1.807) is 11.3 Å². The van der Waals surface area contributed by atoms with Gasteiger partial charge in [0.1, 0.15) is 0 Å². The molecule has 3 N–H and O–H groups in total. The van der Waals surface area contributed by atoms with E-state index in [2.05, 4.69) is 66.4 Å². The first-order valence-electron chi connectivity index (χ1n) is 5.42. The lowest BCUT2D eigenvalue weighted by Gasteiger charge is -2.17. The monoisotopic (exact) mass is 437 g/mol. The zero-order valence-electron chi connectivity index (χ0n) is 9.78. The van der Waals surface area contributed by atoms with Gasteiger partial charge < -0.3 is 0 Å². The van der Waals surface area contributed by atoms with Crippen molar-refractivity contribution in [3.63, 3.8) is 0 Å². The Morgan fingerprint density at radius 3 is 2.94 bits per heavy atom. The van der Waals surface area contributed by atoms with Crippen molar-refractivity contribution in [3.8, 4) is 0 Å². The molecule has 96 valence electrons. The lowest BCUT2D eigenvalue weighted by atomic mass is 10.0. The van der Waals surface area contributed by atoms with Gasteiger partial charge in [0.2, 0.25) is 0 Å². The minimum Gasteiger partial charge on any atom is -0.271 e. The van der Waals surface area contributed by atoms with Crippen molar-refractivity contribution in [2.45, 2.75) is 19.4 Å². The molecule has 0 aliphatic carbocycles. The molecule has 1 aromatic heterocycles. The molecule has 1 unspecified atom stereocenters. The first-order valence-corrected chi connectivity index (χ1v) is 8.17. The van der Waals surface area contributed by atoms with Crippen molar-refractivity contribution >= 4 is 49.9 Å². The van der Waals surface area contributed by atoms with Crippen molar-refractivity contribution in [1.29, 1.82) is 0 Å². The molecular formula is C12H13BrIN3S. The van der Waals surface area contributed by atoms with Gasteiger partial charge in [0, 0.05) is 19.8 Å². The van der Waals surface area contributed by atoms with Crippen molar-refractivity contribution in [1.82, 2.24) is 10.4 Å². The highest BCUT2D eigenvalue weighted by Crippen LogP contribution is 2.26. The van der Waals surface area contributed by atoms with Crippen LogP contribution in [0.3, 0.4) is 0 Å². The molecule has 0 saturated carbocycles. The Hall–Kier alpha value is -0.0200. The molecule has 2 rings (SSSR count). The van der Waals surface area contributed by atoms with Gasteiger partial charge in [-0.3, -0.25) is 11.3 Å². The molecule has 0 saturated heterocycles. The maximum atomic E-state index is 5.69. The van der Waals surface area contributed by atoms with Crippen molar-refractivity contribution in [2.75, 3.05) is 0 Å². The number of halogens is 2. The topological polar surface area (TPSA) is 50.9 Å². The second-order valence-electron chi connectivity index (χ2n) is 3.95. The number of nitrogens with zero attached hydrogens (tertiary/aromatic N) is 1. The number of aromatic nitrogens is 1. The zero-order valence-corrected chi connectivity index (χ0v) is 14.3. The third-order valence-corrected chi connectivity index (χ3v) is 4.91. The molecular weight excluding hydrogens is 425 g/mol. The van der Waals surface area contributed by atoms with E-state index in [1.807, 2.05) is 13.0 Å². The Kier molecular flexibility index (Phi) is 5.14. The van der Waals surface area contributed by atoms with Crippen LogP contribution in [-0.2, 0) is 6.42 Å². The summed E-state index contributed by atoms with van der Waals surface area (Å²) in [6.07, 6.45) is 0.799. The van der Waals surface area contributed by atoms with Gasteiger partial charge in [0.05, 0.1) is 16.7 Å². The summed E-state index contributed by atoms with van der Waals surface area (Å²) in [4.78, 5) is 4.48. The van der Waals surface area contributed by atoms with Crippen LogP contribution in [0.25, 0.3) is 0 Å². The summed E-state index contributed by atoms with van der Waals surface area (Å²) in [5.74, 6) is 5.69. The molecule has 0 spiro atoms. The maximum Gasteiger partial charge on any atom is 0.0897 e. The van der Waals surface area contributed by atoms with E-state index in [1.165, 1.54) is 9.13 Å². The molecule has 0 radical (unpaired) electrons. The summed E-state index contributed by atoms with van der Waals surface area (Å²) in [6.45, 7) is 2.02. The highest BCUT2D eigenvalue weighted by atomic mass is 127. The number of nitrogens with two attached hydrogens (primary N) is 1. The average Bonchev–Trinajstić information content (AvgIpc) is 2.75. The lowest BCUT2D eigenvalue weighted by Crippen LogP contribution is -2.30. The van der Waals surface area contributed by atoms with Crippen LogP contribution in [0.5, 0.6) is 0 Å². The number of rotatable bonds is 4. The molecule has 0 aliphatic heterocycles. The minimum atomic E-state index is 0.0795. The Balaban J connectivity index is 2.25. The molecule has 6 heteroatoms. The number of nitrogens with one attached hydrogen (secondary N) is 1. The van der Waals surface area contributed by atoms with Gasteiger partial charge in [-0.2, -0.15) is 0 Å². The summed E-state index contributed by atoms with van der Waals surface area (Å²) < 4.78 is 2.26. The quantitative estimate of drug-likeness (QED) is 0.436. The fraction of sp³-hybridized carbons (Fsp3) is 0.250. The van der Waals surface area contributed by atoms with Crippen LogP contribution in [0.2, 0.25) is 0 Å². The van der Waals surface area contributed by atoms with Crippen LogP contribution in [-0.4, -0.2) is 4.98 Å². The first kappa shape index (κ1) is 14.4. The molecule has 0 aliphatic rings. The van der Waals surface area contributed by atoms with Gasteiger partial charge in [0.15, 0.2) is 0 Å². The standard InChI is InChI=1S/C12H13BrIN3S/c1-7-16-9(6-18-7)5-12(17-15)10-4-8(13)2-3-11(10)14/h2-4,6,12,17H,5,15H2,1H3. The predicted molar refractivity (Wildman–Crippen MR) is 87.5 cm³/mol. The highest BCUT2D eigenvalue weighted by molar-refractivity contribution is 14.1. The van der Waals surface area contributed by atoms with E-state index in [0.717, 1.165) is 21.6 Å². The number of hydrogen-bond donors (Lipinski definition) is 2. The lowest BCUT2D eigenvalue weighted by molar-refractivity contribution is 0.544. The van der Waals surface area contributed by atoms with E-state index >= 15 is 0 Å². The van der Waals surface area contributed by atoms with E-state index in [-0.39, 0.29) is 6.04 Å². The number of thiazole rings is 1. The Labute approximate surface area is 132 Å². The average molecular weight is 438 g/mol. The van der Waals surface area contributed by atoms with Crippen LogP contribution in [0, 0.1) is 10.5 Å². The number of hydrogen-bond acceptors (Lipinski definition) is 4. The van der Waals surface area contributed by atoms with Gasteiger partial charge in [-0.1, -0.05) is 15.9 Å². The van der Waals surface area contributed by atoms with Gasteiger partial charge in [-0.15, -0.1) is 11.3 Å². The molecule has 0 fully saturated rings. The van der Waals surface area contributed by atoms with Crippen LogP contribution < -0.4 is 11.3 Å². The van der Waals surface area contributed by atoms with Crippen LogP contribution in [0.1, 0.15) is 22.3 Å². The van der Waals surface area contributed by atoms with Gasteiger partial charge >= 0.3 is 0 Å². The molecule has 1 heterocycles. The minimum absolute atomic E-state index is 0.0795. The number of hydrazine groups is 1. The summed E-state index contributed by atoms with van der Waals surface area (Å²) in [7, 11) is 0. The normalized spacial score (nSPS) is 12.7. The predicted octanol–water partition coefficient (Wildman–Crippen LogP) is 3.57. The van der Waals surface area contributed by atoms with Crippen LogP contribution >= 0.6 is 49.9 Å². The van der Waals surface area contributed by atoms with E-state index in [0.29, 0.717) is 0 Å². The Morgan fingerprint density at radius 2 is 2.33 bits per heavy atom. The van der Waals surface area contributed by atoms with Crippen molar-refractivity contribution < 1.29 is 0 Å². The van der Waals surface area contributed by atoms with Gasteiger partial charge in [0.25, 0.3) is 0 Å². The SMILES string of the molecule is Cc1nc(CC(NN)c2cc(Br)ccc2I)cs1. The molecule has 1 atom stereocenters. The first-order chi connectivity index (χ1) is 8.60. The molecule has 2 aromatic rings. The maximum absolute atomic E-state index is 5.69. The van der Waals surface area contributed by atoms with E-state index in [4.69, 9.17) is 5.84 Å². The fourth-order valence-corrected chi connectivity index (χ4v) is 3.47. The smallest absolute Gasteiger partial charge is 0.0897 e. The number of aryl methyl sites for hydroxylation is 1. The molecule has 0 amide bonds. The van der Waals surface area contributed by atoms with Crippen molar-refractivity contribution in [2.24, 2.45) is 5.84 Å². The summed E-state index contributed by atoms with van der Waals surface area (Å²) in [6, 6.07) is 6.30. The van der Waals surface area contributed by atoms with Crippen LogP contribution in [0.15, 0.2) is 28.1 Å². The van der Waals surface area contributed by atoms with E-state index < -0.39 is 0 Å². The number of benzene rings is 1. The van der Waals surface area contributed by atoms with Crippen molar-refractivity contribution in [3.05, 3.63) is 47.9 Å².